The molecule has 68 valence electrons. The minimum atomic E-state index is 0.438. The van der Waals surface area contributed by atoms with Crippen LogP contribution in [0.4, 0.5) is 0 Å². The molecule has 0 amide bonds. The summed E-state index contributed by atoms with van der Waals surface area (Å²) in [4.78, 5) is 4.35. The SMILES string of the molecule is Cc1cc2oc(CN)cc2c(C)n1. The molecule has 0 atom stereocenters. The average molecular weight is 176 g/mol. The van der Waals surface area contributed by atoms with Crippen molar-refractivity contribution in [2.24, 2.45) is 5.73 Å². The summed E-state index contributed by atoms with van der Waals surface area (Å²) in [5.74, 6) is 0.811. The molecule has 2 aromatic rings. The molecule has 0 aliphatic rings. The van der Waals surface area contributed by atoms with E-state index in [1.54, 1.807) is 0 Å². The summed E-state index contributed by atoms with van der Waals surface area (Å²) in [6, 6.07) is 3.89. The maximum absolute atomic E-state index is 5.51. The van der Waals surface area contributed by atoms with Gasteiger partial charge in [0.1, 0.15) is 11.3 Å². The first-order valence-corrected chi connectivity index (χ1v) is 4.27. The summed E-state index contributed by atoms with van der Waals surface area (Å²) in [6.07, 6.45) is 0. The third-order valence-corrected chi connectivity index (χ3v) is 2.09. The normalized spacial score (nSPS) is 11.0. The lowest BCUT2D eigenvalue weighted by atomic mass is 10.2. The molecular weight excluding hydrogens is 164 g/mol. The van der Waals surface area contributed by atoms with Crippen LogP contribution in [0.3, 0.4) is 0 Å². The fourth-order valence-corrected chi connectivity index (χ4v) is 1.50. The first-order chi connectivity index (χ1) is 6.20. The van der Waals surface area contributed by atoms with E-state index < -0.39 is 0 Å². The molecule has 0 saturated heterocycles. The van der Waals surface area contributed by atoms with Crippen LogP contribution in [0.1, 0.15) is 17.1 Å². The molecule has 0 radical (unpaired) electrons. The molecule has 13 heavy (non-hydrogen) atoms. The molecular formula is C10H12N2O. The molecule has 2 aromatic heterocycles. The molecule has 2 heterocycles. The Morgan fingerprint density at radius 2 is 2.15 bits per heavy atom. The van der Waals surface area contributed by atoms with E-state index in [1.165, 1.54) is 0 Å². The van der Waals surface area contributed by atoms with Gasteiger partial charge in [-0.05, 0) is 19.9 Å². The van der Waals surface area contributed by atoms with Crippen LogP contribution in [0, 0.1) is 13.8 Å². The van der Waals surface area contributed by atoms with Crippen LogP contribution < -0.4 is 5.73 Å². The minimum absolute atomic E-state index is 0.438. The van der Waals surface area contributed by atoms with E-state index in [9.17, 15) is 0 Å². The molecule has 0 bridgehead atoms. The van der Waals surface area contributed by atoms with Gasteiger partial charge < -0.3 is 10.2 Å². The van der Waals surface area contributed by atoms with Gasteiger partial charge in [-0.3, -0.25) is 4.98 Å². The molecule has 0 spiro atoms. The molecule has 2 N–H and O–H groups in total. The number of pyridine rings is 1. The zero-order valence-electron chi connectivity index (χ0n) is 7.79. The van der Waals surface area contributed by atoms with Crippen molar-refractivity contribution in [3.63, 3.8) is 0 Å². The topological polar surface area (TPSA) is 52.0 Å². The number of hydrogen-bond acceptors (Lipinski definition) is 3. The molecule has 0 aliphatic carbocycles. The Labute approximate surface area is 76.6 Å². The third-order valence-electron chi connectivity index (χ3n) is 2.09. The summed E-state index contributed by atoms with van der Waals surface area (Å²) >= 11 is 0. The monoisotopic (exact) mass is 176 g/mol. The fraction of sp³-hybridized carbons (Fsp3) is 0.300. The number of fused-ring (bicyclic) bond motifs is 1. The smallest absolute Gasteiger partial charge is 0.137 e. The van der Waals surface area contributed by atoms with Crippen molar-refractivity contribution < 1.29 is 4.42 Å². The second-order valence-corrected chi connectivity index (χ2v) is 3.18. The van der Waals surface area contributed by atoms with Crippen molar-refractivity contribution in [1.29, 1.82) is 0 Å². The van der Waals surface area contributed by atoms with E-state index in [1.807, 2.05) is 26.0 Å². The first-order valence-electron chi connectivity index (χ1n) is 4.27. The highest BCUT2D eigenvalue weighted by Gasteiger charge is 2.06. The molecule has 3 heteroatoms. The zero-order chi connectivity index (χ0) is 9.42. The predicted molar refractivity (Wildman–Crippen MR) is 51.4 cm³/mol. The number of hydrogen-bond donors (Lipinski definition) is 1. The van der Waals surface area contributed by atoms with Crippen molar-refractivity contribution in [1.82, 2.24) is 4.98 Å². The molecule has 0 unspecified atom stereocenters. The Morgan fingerprint density at radius 3 is 2.85 bits per heavy atom. The number of rotatable bonds is 1. The van der Waals surface area contributed by atoms with Gasteiger partial charge in [0.05, 0.1) is 6.54 Å². The standard InChI is InChI=1S/C10H12N2O/c1-6-3-10-9(7(2)12-6)4-8(5-11)13-10/h3-4H,5,11H2,1-2H3. The van der Waals surface area contributed by atoms with Gasteiger partial charge in [-0.15, -0.1) is 0 Å². The molecule has 2 rings (SSSR count). The molecule has 0 saturated carbocycles. The Balaban J connectivity index is 2.75. The van der Waals surface area contributed by atoms with Crippen molar-refractivity contribution in [2.45, 2.75) is 20.4 Å². The fourth-order valence-electron chi connectivity index (χ4n) is 1.50. The maximum Gasteiger partial charge on any atom is 0.137 e. The molecule has 3 nitrogen and oxygen atoms in total. The van der Waals surface area contributed by atoms with Gasteiger partial charge in [-0.25, -0.2) is 0 Å². The largest absolute Gasteiger partial charge is 0.460 e. The Kier molecular flexibility index (Phi) is 1.81. The summed E-state index contributed by atoms with van der Waals surface area (Å²) in [6.45, 7) is 4.37. The van der Waals surface area contributed by atoms with Gasteiger partial charge >= 0.3 is 0 Å². The predicted octanol–water partition coefficient (Wildman–Crippen LogP) is 1.90. The third kappa shape index (κ3) is 1.31. The minimum Gasteiger partial charge on any atom is -0.460 e. The van der Waals surface area contributed by atoms with Gasteiger partial charge in [-0.2, -0.15) is 0 Å². The number of nitrogens with two attached hydrogens (primary N) is 1. The van der Waals surface area contributed by atoms with Crippen LogP contribution in [0.2, 0.25) is 0 Å². The summed E-state index contributed by atoms with van der Waals surface area (Å²) < 4.78 is 5.51. The van der Waals surface area contributed by atoms with Crippen molar-refractivity contribution in [3.05, 3.63) is 29.3 Å². The summed E-state index contributed by atoms with van der Waals surface area (Å²) in [7, 11) is 0. The van der Waals surface area contributed by atoms with Crippen LogP contribution in [-0.4, -0.2) is 4.98 Å². The number of nitrogens with zero attached hydrogens (tertiary/aromatic N) is 1. The highest BCUT2D eigenvalue weighted by Crippen LogP contribution is 2.21. The van der Waals surface area contributed by atoms with Crippen LogP contribution >= 0.6 is 0 Å². The van der Waals surface area contributed by atoms with Gasteiger partial charge in [0.2, 0.25) is 0 Å². The highest BCUT2D eigenvalue weighted by atomic mass is 16.3. The lowest BCUT2D eigenvalue weighted by molar-refractivity contribution is 0.552. The molecule has 0 aromatic carbocycles. The van der Waals surface area contributed by atoms with E-state index in [0.29, 0.717) is 6.54 Å². The number of furan rings is 1. The Bertz CT molecular complexity index is 445. The maximum atomic E-state index is 5.51. The zero-order valence-corrected chi connectivity index (χ0v) is 7.79. The van der Waals surface area contributed by atoms with Crippen LogP contribution in [0.15, 0.2) is 16.5 Å². The highest BCUT2D eigenvalue weighted by molar-refractivity contribution is 5.80. The van der Waals surface area contributed by atoms with Crippen LogP contribution in [0.5, 0.6) is 0 Å². The molecule has 0 aliphatic heterocycles. The van der Waals surface area contributed by atoms with E-state index >= 15 is 0 Å². The van der Waals surface area contributed by atoms with Gasteiger partial charge in [0.15, 0.2) is 0 Å². The lowest BCUT2D eigenvalue weighted by Crippen LogP contribution is -1.92. The second-order valence-electron chi connectivity index (χ2n) is 3.18. The lowest BCUT2D eigenvalue weighted by Gasteiger charge is -1.95. The van der Waals surface area contributed by atoms with Crippen LogP contribution in [-0.2, 0) is 6.54 Å². The van der Waals surface area contributed by atoms with Crippen molar-refractivity contribution in [3.8, 4) is 0 Å². The first kappa shape index (κ1) is 8.26. The quantitative estimate of drug-likeness (QED) is 0.722. The van der Waals surface area contributed by atoms with Gasteiger partial charge in [0, 0.05) is 22.8 Å². The van der Waals surface area contributed by atoms with Crippen molar-refractivity contribution >= 4 is 11.0 Å². The van der Waals surface area contributed by atoms with Crippen LogP contribution in [0.25, 0.3) is 11.0 Å². The van der Waals surface area contributed by atoms with E-state index in [-0.39, 0.29) is 0 Å². The second kappa shape index (κ2) is 2.85. The Morgan fingerprint density at radius 1 is 1.38 bits per heavy atom. The van der Waals surface area contributed by atoms with Gasteiger partial charge in [0.25, 0.3) is 0 Å². The van der Waals surface area contributed by atoms with E-state index in [2.05, 4.69) is 4.98 Å². The van der Waals surface area contributed by atoms with E-state index in [4.69, 9.17) is 10.2 Å². The van der Waals surface area contributed by atoms with Gasteiger partial charge in [-0.1, -0.05) is 0 Å². The Hall–Kier alpha value is -1.35. The van der Waals surface area contributed by atoms with E-state index in [0.717, 1.165) is 28.1 Å². The molecule has 0 fully saturated rings. The summed E-state index contributed by atoms with van der Waals surface area (Å²) in [5, 5.41) is 1.06. The summed E-state index contributed by atoms with van der Waals surface area (Å²) in [5.41, 5.74) is 8.34. The number of aryl methyl sites for hydroxylation is 2. The number of aromatic nitrogens is 1. The average Bonchev–Trinajstić information content (AvgIpc) is 2.47. The van der Waals surface area contributed by atoms with Crippen molar-refractivity contribution in [2.75, 3.05) is 0 Å².